The van der Waals surface area contributed by atoms with Gasteiger partial charge in [-0.1, -0.05) is 12.2 Å². The normalized spacial score (nSPS) is 13.7. The molecule has 0 aliphatic rings. The van der Waals surface area contributed by atoms with E-state index in [1.807, 2.05) is 27.7 Å². The van der Waals surface area contributed by atoms with E-state index in [1.165, 1.54) is 0 Å². The van der Waals surface area contributed by atoms with Crippen LogP contribution in [0.1, 0.15) is 27.7 Å². The summed E-state index contributed by atoms with van der Waals surface area (Å²) >= 11 is 0. The van der Waals surface area contributed by atoms with Crippen molar-refractivity contribution in [3.63, 3.8) is 0 Å². The molecule has 0 aromatic heterocycles. The van der Waals surface area contributed by atoms with E-state index in [1.54, 1.807) is 0 Å². The van der Waals surface area contributed by atoms with Crippen LogP contribution in [0.5, 0.6) is 0 Å². The second kappa shape index (κ2) is 8.64. The Balaban J connectivity index is 3.33. The molecule has 0 aliphatic heterocycles. The van der Waals surface area contributed by atoms with Crippen LogP contribution >= 0.6 is 0 Å². The first-order chi connectivity index (χ1) is 7.81. The fraction of sp³-hybridized carbons (Fsp3) is 0.846. The lowest BCUT2D eigenvalue weighted by molar-refractivity contribution is -0.0480. The van der Waals surface area contributed by atoms with Crippen LogP contribution in [0.15, 0.2) is 12.2 Å². The van der Waals surface area contributed by atoms with E-state index in [9.17, 15) is 5.11 Å². The minimum absolute atomic E-state index is 0.203. The predicted molar refractivity (Wildman–Crippen MR) is 70.2 cm³/mol. The fourth-order valence-corrected chi connectivity index (χ4v) is 1.06. The van der Waals surface area contributed by atoms with Crippen LogP contribution in [0.25, 0.3) is 0 Å². The third-order valence-corrected chi connectivity index (χ3v) is 1.86. The monoisotopic (exact) mass is 245 g/mol. The Labute approximate surface area is 105 Å². The summed E-state index contributed by atoms with van der Waals surface area (Å²) in [6, 6.07) is 0. The first-order valence-corrected chi connectivity index (χ1v) is 6.06. The molecule has 0 rings (SSSR count). The minimum Gasteiger partial charge on any atom is -0.389 e. The number of hydrogen-bond donors (Lipinski definition) is 2. The Morgan fingerprint density at radius 2 is 2.06 bits per heavy atom. The molecule has 2 N–H and O–H groups in total. The molecular formula is C13H27NO3. The van der Waals surface area contributed by atoms with E-state index in [-0.39, 0.29) is 5.60 Å². The zero-order chi connectivity index (χ0) is 13.3. The number of aliphatic hydroxyl groups is 1. The van der Waals surface area contributed by atoms with Crippen molar-refractivity contribution in [3.8, 4) is 0 Å². The quantitative estimate of drug-likeness (QED) is 0.475. The van der Waals surface area contributed by atoms with E-state index in [0.29, 0.717) is 26.4 Å². The summed E-state index contributed by atoms with van der Waals surface area (Å²) in [7, 11) is 0. The van der Waals surface area contributed by atoms with Gasteiger partial charge in [-0.2, -0.15) is 0 Å². The molecule has 1 atom stereocenters. The molecule has 0 spiro atoms. The highest BCUT2D eigenvalue weighted by Gasteiger charge is 2.13. The summed E-state index contributed by atoms with van der Waals surface area (Å²) in [5.74, 6) is 0. The highest BCUT2D eigenvalue weighted by Crippen LogP contribution is 2.06. The molecule has 4 nitrogen and oxygen atoms in total. The molecule has 0 aromatic rings. The number of rotatable bonds is 9. The molecule has 0 radical (unpaired) electrons. The molecule has 0 amide bonds. The van der Waals surface area contributed by atoms with Crippen LogP contribution in [0.4, 0.5) is 0 Å². The van der Waals surface area contributed by atoms with Gasteiger partial charge >= 0.3 is 0 Å². The molecule has 4 heteroatoms. The van der Waals surface area contributed by atoms with Gasteiger partial charge in [-0.05, 0) is 27.7 Å². The lowest BCUT2D eigenvalue weighted by atomic mass is 10.2. The van der Waals surface area contributed by atoms with E-state index in [2.05, 4.69) is 11.9 Å². The summed E-state index contributed by atoms with van der Waals surface area (Å²) in [4.78, 5) is 0. The van der Waals surface area contributed by atoms with Gasteiger partial charge in [0.05, 0.1) is 31.5 Å². The van der Waals surface area contributed by atoms with Crippen LogP contribution in [0, 0.1) is 0 Å². The summed E-state index contributed by atoms with van der Waals surface area (Å²) in [6.07, 6.45) is -0.477. The van der Waals surface area contributed by atoms with Gasteiger partial charge in [-0.25, -0.2) is 0 Å². The van der Waals surface area contributed by atoms with E-state index in [0.717, 1.165) is 12.1 Å². The topological polar surface area (TPSA) is 50.7 Å². The first-order valence-electron chi connectivity index (χ1n) is 6.06. The Bertz CT molecular complexity index is 211. The lowest BCUT2D eigenvalue weighted by Crippen LogP contribution is -2.35. The van der Waals surface area contributed by atoms with Crippen molar-refractivity contribution in [2.75, 3.05) is 32.9 Å². The Hall–Kier alpha value is -0.420. The van der Waals surface area contributed by atoms with Gasteiger partial charge in [0.15, 0.2) is 0 Å². The minimum atomic E-state index is -0.477. The van der Waals surface area contributed by atoms with Crippen LogP contribution in [0.2, 0.25) is 0 Å². The lowest BCUT2D eigenvalue weighted by Gasteiger charge is -2.22. The molecular weight excluding hydrogens is 218 g/mol. The van der Waals surface area contributed by atoms with Crippen molar-refractivity contribution >= 4 is 0 Å². The van der Waals surface area contributed by atoms with Gasteiger partial charge in [0.25, 0.3) is 0 Å². The highest BCUT2D eigenvalue weighted by molar-refractivity contribution is 4.87. The molecule has 17 heavy (non-hydrogen) atoms. The van der Waals surface area contributed by atoms with Crippen molar-refractivity contribution in [1.29, 1.82) is 0 Å². The Morgan fingerprint density at radius 1 is 1.41 bits per heavy atom. The molecule has 102 valence electrons. The number of hydrogen-bond acceptors (Lipinski definition) is 4. The van der Waals surface area contributed by atoms with Crippen molar-refractivity contribution in [3.05, 3.63) is 12.2 Å². The van der Waals surface area contributed by atoms with E-state index in [4.69, 9.17) is 9.47 Å². The molecule has 0 aliphatic carbocycles. The second-order valence-electron chi connectivity index (χ2n) is 5.29. The van der Waals surface area contributed by atoms with Gasteiger partial charge in [0.2, 0.25) is 0 Å². The third-order valence-electron chi connectivity index (χ3n) is 1.86. The van der Waals surface area contributed by atoms with Crippen LogP contribution in [-0.2, 0) is 9.47 Å². The largest absolute Gasteiger partial charge is 0.389 e. The summed E-state index contributed by atoms with van der Waals surface area (Å²) in [6.45, 7) is 14.4. The number of nitrogens with one attached hydrogen (secondary N) is 1. The van der Waals surface area contributed by atoms with Crippen LogP contribution in [-0.4, -0.2) is 49.7 Å². The van der Waals surface area contributed by atoms with Gasteiger partial charge in [0.1, 0.15) is 0 Å². The van der Waals surface area contributed by atoms with Gasteiger partial charge in [-0.15, -0.1) is 0 Å². The molecule has 0 bridgehead atoms. The number of ether oxygens (including phenoxy) is 2. The summed E-state index contributed by atoms with van der Waals surface area (Å²) in [5, 5.41) is 12.7. The van der Waals surface area contributed by atoms with Gasteiger partial charge in [0, 0.05) is 13.1 Å². The smallest absolute Gasteiger partial charge is 0.0897 e. The van der Waals surface area contributed by atoms with Crippen LogP contribution in [0.3, 0.4) is 0 Å². The van der Waals surface area contributed by atoms with Gasteiger partial charge in [-0.3, -0.25) is 0 Å². The summed E-state index contributed by atoms with van der Waals surface area (Å²) in [5.41, 5.74) is 0.814. The molecule has 0 saturated heterocycles. The average Bonchev–Trinajstić information content (AvgIpc) is 2.19. The molecule has 0 heterocycles. The maximum absolute atomic E-state index is 9.61. The Kier molecular flexibility index (Phi) is 8.43. The molecule has 0 fully saturated rings. The molecule has 1 unspecified atom stereocenters. The zero-order valence-electron chi connectivity index (χ0n) is 11.6. The van der Waals surface area contributed by atoms with Crippen molar-refractivity contribution in [2.45, 2.75) is 39.4 Å². The van der Waals surface area contributed by atoms with Crippen molar-refractivity contribution in [1.82, 2.24) is 5.32 Å². The van der Waals surface area contributed by atoms with E-state index < -0.39 is 6.10 Å². The maximum Gasteiger partial charge on any atom is 0.0897 e. The molecule has 0 saturated carbocycles. The summed E-state index contributed by atoms with van der Waals surface area (Å²) < 4.78 is 10.8. The van der Waals surface area contributed by atoms with Crippen molar-refractivity contribution < 1.29 is 14.6 Å². The van der Waals surface area contributed by atoms with E-state index >= 15 is 0 Å². The standard InChI is InChI=1S/C13H27NO3/c1-11(2)9-16-7-6-14-8-12(15)10-17-13(3,4)5/h12,14-15H,1,6-10H2,2-5H3. The number of aliphatic hydroxyl groups excluding tert-OH is 1. The Morgan fingerprint density at radius 3 is 2.59 bits per heavy atom. The highest BCUT2D eigenvalue weighted by atomic mass is 16.5. The predicted octanol–water partition coefficient (Wildman–Crippen LogP) is 1.34. The molecule has 0 aromatic carbocycles. The van der Waals surface area contributed by atoms with Gasteiger partial charge < -0.3 is 19.9 Å². The fourth-order valence-electron chi connectivity index (χ4n) is 1.06. The average molecular weight is 245 g/mol. The first kappa shape index (κ1) is 16.6. The van der Waals surface area contributed by atoms with Crippen molar-refractivity contribution in [2.24, 2.45) is 0 Å². The SMILES string of the molecule is C=C(C)COCCNCC(O)COC(C)(C)C. The zero-order valence-corrected chi connectivity index (χ0v) is 11.6. The van der Waals surface area contributed by atoms with Crippen LogP contribution < -0.4 is 5.32 Å². The maximum atomic E-state index is 9.61. The third kappa shape index (κ3) is 13.5. The second-order valence-corrected chi connectivity index (χ2v) is 5.29.